The van der Waals surface area contributed by atoms with Crippen molar-refractivity contribution in [1.82, 2.24) is 14.5 Å². The molecule has 5 nitrogen and oxygen atoms in total. The third-order valence-corrected chi connectivity index (χ3v) is 8.13. The monoisotopic (exact) mass is 489 g/mol. The second kappa shape index (κ2) is 9.57. The molecule has 0 saturated heterocycles. The number of rotatable bonds is 6. The largest absolute Gasteiger partial charge is 0.337 e. The zero-order valence-corrected chi connectivity index (χ0v) is 21.2. The first-order valence-electron chi connectivity index (χ1n) is 11.0. The van der Waals surface area contributed by atoms with Crippen LogP contribution < -0.4 is 5.56 Å². The van der Waals surface area contributed by atoms with E-state index in [1.807, 2.05) is 44.7 Å². The maximum atomic E-state index is 13.8. The van der Waals surface area contributed by atoms with E-state index in [4.69, 9.17) is 16.6 Å². The number of nitrogens with zero attached hydrogens (tertiary/aromatic N) is 3. The maximum Gasteiger partial charge on any atom is 0.267 e. The number of thioether (sulfide) groups is 1. The van der Waals surface area contributed by atoms with Crippen LogP contribution in [0.3, 0.4) is 0 Å². The van der Waals surface area contributed by atoms with E-state index < -0.39 is 0 Å². The van der Waals surface area contributed by atoms with E-state index in [1.54, 1.807) is 28.0 Å². The number of thiophene rings is 1. The first kappa shape index (κ1) is 23.3. The van der Waals surface area contributed by atoms with Crippen LogP contribution in [0.25, 0.3) is 15.9 Å². The Kier molecular flexibility index (Phi) is 6.98. The van der Waals surface area contributed by atoms with Crippen molar-refractivity contribution in [2.75, 3.05) is 5.75 Å². The predicted octanol–water partition coefficient (Wildman–Crippen LogP) is 5.72. The van der Waals surface area contributed by atoms with Crippen LogP contribution in [0.4, 0.5) is 0 Å². The lowest BCUT2D eigenvalue weighted by molar-refractivity contribution is -0.131. The summed E-state index contributed by atoms with van der Waals surface area (Å²) in [5.74, 6) is 0.273. The van der Waals surface area contributed by atoms with E-state index in [2.05, 4.69) is 0 Å². The van der Waals surface area contributed by atoms with Crippen molar-refractivity contribution < 1.29 is 4.79 Å². The van der Waals surface area contributed by atoms with E-state index >= 15 is 0 Å². The van der Waals surface area contributed by atoms with Gasteiger partial charge in [0.25, 0.3) is 5.56 Å². The molecule has 0 N–H and O–H groups in total. The smallest absolute Gasteiger partial charge is 0.267 e. The van der Waals surface area contributed by atoms with Crippen molar-refractivity contribution in [1.29, 1.82) is 0 Å². The summed E-state index contributed by atoms with van der Waals surface area (Å²) in [6.07, 6.45) is 4.19. The summed E-state index contributed by atoms with van der Waals surface area (Å²) in [5.41, 5.74) is 1.82. The highest BCUT2D eigenvalue weighted by atomic mass is 35.5. The van der Waals surface area contributed by atoms with Crippen molar-refractivity contribution in [2.45, 2.75) is 70.6 Å². The van der Waals surface area contributed by atoms with Gasteiger partial charge >= 0.3 is 0 Å². The molecule has 1 aliphatic rings. The average Bonchev–Trinajstić information content (AvgIpc) is 3.11. The second-order valence-corrected chi connectivity index (χ2v) is 11.1. The molecule has 8 heteroatoms. The predicted molar refractivity (Wildman–Crippen MR) is 135 cm³/mol. The molecule has 3 aromatic rings. The Morgan fingerprint density at radius 3 is 2.47 bits per heavy atom. The van der Waals surface area contributed by atoms with Crippen LogP contribution in [0.5, 0.6) is 0 Å². The highest BCUT2D eigenvalue weighted by Crippen LogP contribution is 2.35. The van der Waals surface area contributed by atoms with Crippen LogP contribution in [0.2, 0.25) is 5.02 Å². The zero-order valence-electron chi connectivity index (χ0n) is 18.9. The van der Waals surface area contributed by atoms with Gasteiger partial charge in [0.15, 0.2) is 5.16 Å². The number of fused-ring (bicyclic) bond motifs is 3. The molecule has 1 aliphatic carbocycles. The van der Waals surface area contributed by atoms with Gasteiger partial charge in [0.2, 0.25) is 5.91 Å². The fraction of sp³-hybridized carbons (Fsp3) is 0.458. The third kappa shape index (κ3) is 4.47. The standard InChI is InChI=1S/C24H28ClN3O2S2/c1-14(2)27(15(3)4)20(29)13-31-24-26-22-21(18-7-5-6-8-19(18)32-22)23(30)28(24)17-11-9-16(25)10-12-17/h9-12,14-15H,5-8,13H2,1-4H3. The van der Waals surface area contributed by atoms with Gasteiger partial charge in [-0.2, -0.15) is 0 Å². The van der Waals surface area contributed by atoms with Crippen LogP contribution in [-0.4, -0.2) is 38.2 Å². The first-order valence-corrected chi connectivity index (χ1v) is 13.2. The molecule has 0 saturated carbocycles. The minimum atomic E-state index is -0.0590. The highest BCUT2D eigenvalue weighted by Gasteiger charge is 2.25. The minimum absolute atomic E-state index is 0.0440. The Hall–Kier alpha value is -1.83. The van der Waals surface area contributed by atoms with Gasteiger partial charge < -0.3 is 4.90 Å². The lowest BCUT2D eigenvalue weighted by atomic mass is 9.97. The summed E-state index contributed by atoms with van der Waals surface area (Å²) in [6.45, 7) is 8.08. The van der Waals surface area contributed by atoms with Crippen LogP contribution >= 0.6 is 34.7 Å². The van der Waals surface area contributed by atoms with E-state index in [1.165, 1.54) is 16.6 Å². The number of hydrogen-bond donors (Lipinski definition) is 0. The van der Waals surface area contributed by atoms with Gasteiger partial charge in [0, 0.05) is 22.0 Å². The van der Waals surface area contributed by atoms with Gasteiger partial charge in [0.05, 0.1) is 16.8 Å². The fourth-order valence-corrected chi connectivity index (χ4v) is 6.78. The third-order valence-electron chi connectivity index (χ3n) is 5.77. The molecular formula is C24H28ClN3O2S2. The molecule has 0 unspecified atom stereocenters. The SMILES string of the molecule is CC(C)N(C(=O)CSc1nc2sc3c(c2c(=O)n1-c1ccc(Cl)cc1)CCCC3)C(C)C. The van der Waals surface area contributed by atoms with Gasteiger partial charge in [-0.05, 0) is 83.2 Å². The molecule has 0 atom stereocenters. The van der Waals surface area contributed by atoms with Gasteiger partial charge in [-0.25, -0.2) is 4.98 Å². The molecule has 0 fully saturated rings. The number of amides is 1. The molecule has 1 amide bonds. The number of aromatic nitrogens is 2. The molecule has 170 valence electrons. The Morgan fingerprint density at radius 1 is 1.16 bits per heavy atom. The number of halogens is 1. The Balaban J connectivity index is 1.80. The minimum Gasteiger partial charge on any atom is -0.337 e. The average molecular weight is 490 g/mol. The maximum absolute atomic E-state index is 13.8. The summed E-state index contributed by atoms with van der Waals surface area (Å²) in [6, 6.07) is 7.43. The van der Waals surface area contributed by atoms with Crippen molar-refractivity contribution >= 4 is 50.8 Å². The molecular weight excluding hydrogens is 462 g/mol. The molecule has 2 heterocycles. The number of hydrogen-bond acceptors (Lipinski definition) is 5. The highest BCUT2D eigenvalue weighted by molar-refractivity contribution is 7.99. The molecule has 0 bridgehead atoms. The zero-order chi connectivity index (χ0) is 23.0. The quantitative estimate of drug-likeness (QED) is 0.328. The number of carbonyl (C=O) groups excluding carboxylic acids is 1. The Morgan fingerprint density at radius 2 is 1.81 bits per heavy atom. The molecule has 4 rings (SSSR count). The van der Waals surface area contributed by atoms with E-state index in [-0.39, 0.29) is 29.3 Å². The lowest BCUT2D eigenvalue weighted by Gasteiger charge is -2.30. The number of aryl methyl sites for hydroxylation is 2. The van der Waals surface area contributed by atoms with Crippen molar-refractivity contribution in [3.8, 4) is 5.69 Å². The normalized spacial score (nSPS) is 13.7. The fourth-order valence-electron chi connectivity index (χ4n) is 4.47. The molecule has 1 aromatic carbocycles. The van der Waals surface area contributed by atoms with E-state index in [9.17, 15) is 9.59 Å². The summed E-state index contributed by atoms with van der Waals surface area (Å²) in [7, 11) is 0. The van der Waals surface area contributed by atoms with Crippen LogP contribution in [0.15, 0.2) is 34.2 Å². The second-order valence-electron chi connectivity index (χ2n) is 8.68. The van der Waals surface area contributed by atoms with Crippen LogP contribution in [0.1, 0.15) is 51.0 Å². The molecule has 0 aliphatic heterocycles. The summed E-state index contributed by atoms with van der Waals surface area (Å²) >= 11 is 9.05. The van der Waals surface area contributed by atoms with Gasteiger partial charge in [0.1, 0.15) is 4.83 Å². The van der Waals surface area contributed by atoms with Gasteiger partial charge in [-0.1, -0.05) is 23.4 Å². The van der Waals surface area contributed by atoms with Crippen molar-refractivity contribution in [3.63, 3.8) is 0 Å². The van der Waals surface area contributed by atoms with Gasteiger partial charge in [-0.15, -0.1) is 11.3 Å². The lowest BCUT2D eigenvalue weighted by Crippen LogP contribution is -2.43. The summed E-state index contributed by atoms with van der Waals surface area (Å²) in [4.78, 5) is 35.6. The Bertz CT molecular complexity index is 1190. The molecule has 32 heavy (non-hydrogen) atoms. The molecule has 0 spiro atoms. The van der Waals surface area contributed by atoms with Crippen LogP contribution in [0, 0.1) is 0 Å². The first-order chi connectivity index (χ1) is 15.3. The van der Waals surface area contributed by atoms with Crippen molar-refractivity contribution in [2.24, 2.45) is 0 Å². The molecule has 2 aromatic heterocycles. The van der Waals surface area contributed by atoms with Crippen LogP contribution in [-0.2, 0) is 17.6 Å². The van der Waals surface area contributed by atoms with E-state index in [0.717, 1.165) is 41.5 Å². The summed E-state index contributed by atoms with van der Waals surface area (Å²) < 4.78 is 1.65. The molecule has 0 radical (unpaired) electrons. The number of benzene rings is 1. The topological polar surface area (TPSA) is 55.2 Å². The van der Waals surface area contributed by atoms with Gasteiger partial charge in [-0.3, -0.25) is 14.2 Å². The van der Waals surface area contributed by atoms with E-state index in [0.29, 0.717) is 15.9 Å². The Labute approximate surface area is 201 Å². The summed E-state index contributed by atoms with van der Waals surface area (Å²) in [5, 5.41) is 1.89. The van der Waals surface area contributed by atoms with Crippen molar-refractivity contribution in [3.05, 3.63) is 50.1 Å². The number of carbonyl (C=O) groups is 1.